The van der Waals surface area contributed by atoms with Crippen LogP contribution in [-0.2, 0) is 4.79 Å². The average Bonchev–Trinajstić information content (AvgIpc) is 2.89. The number of ether oxygens (including phenoxy) is 1. The van der Waals surface area contributed by atoms with Gasteiger partial charge in [-0.25, -0.2) is 0 Å². The fraction of sp³-hybridized carbons (Fsp3) is 0.211. The van der Waals surface area contributed by atoms with Gasteiger partial charge in [0.2, 0.25) is 5.91 Å². The van der Waals surface area contributed by atoms with Gasteiger partial charge in [0.15, 0.2) is 0 Å². The number of hydrogen-bond donors (Lipinski definition) is 1. The maximum atomic E-state index is 12.4. The molecule has 1 atom stereocenters. The van der Waals surface area contributed by atoms with E-state index in [9.17, 15) is 14.4 Å². The van der Waals surface area contributed by atoms with E-state index in [2.05, 4.69) is 21.2 Å². The van der Waals surface area contributed by atoms with Crippen LogP contribution in [0.5, 0.6) is 5.75 Å². The number of hydrogen-bond acceptors (Lipinski definition) is 4. The molecule has 1 N–H and O–H groups in total. The predicted octanol–water partition coefficient (Wildman–Crippen LogP) is 2.63. The van der Waals surface area contributed by atoms with Crippen molar-refractivity contribution in [1.82, 2.24) is 10.2 Å². The van der Waals surface area contributed by atoms with Crippen LogP contribution in [0.3, 0.4) is 0 Å². The summed E-state index contributed by atoms with van der Waals surface area (Å²) in [7, 11) is 0. The quantitative estimate of drug-likeness (QED) is 0.579. The Bertz CT molecular complexity index is 833. The first kappa shape index (κ1) is 18.1. The number of imide groups is 1. The number of rotatable bonds is 6. The largest absolute Gasteiger partial charge is 0.492 e. The number of nitrogens with one attached hydrogen (secondary N) is 1. The molecule has 0 aliphatic carbocycles. The van der Waals surface area contributed by atoms with Crippen LogP contribution in [0.2, 0.25) is 0 Å². The summed E-state index contributed by atoms with van der Waals surface area (Å²) in [6, 6.07) is 13.0. The number of benzene rings is 2. The molecule has 0 spiro atoms. The zero-order chi connectivity index (χ0) is 18.7. The van der Waals surface area contributed by atoms with Gasteiger partial charge < -0.3 is 10.1 Å². The lowest BCUT2D eigenvalue weighted by Crippen LogP contribution is -2.48. The standard InChI is InChI=1S/C19H17BrN2O4/c1-12(22-18(24)15-7-2-3-8-16(15)19(22)25)17(23)21-9-10-26-14-6-4-5-13(20)11-14/h2-8,11-12H,9-10H2,1H3,(H,21,23). The zero-order valence-electron chi connectivity index (χ0n) is 14.1. The van der Waals surface area contributed by atoms with Gasteiger partial charge in [-0.3, -0.25) is 19.3 Å². The molecule has 7 heteroatoms. The van der Waals surface area contributed by atoms with E-state index in [1.165, 1.54) is 6.92 Å². The molecule has 0 saturated carbocycles. The molecule has 0 fully saturated rings. The highest BCUT2D eigenvalue weighted by Crippen LogP contribution is 2.24. The second-order valence-corrected chi connectivity index (χ2v) is 6.71. The first-order chi connectivity index (χ1) is 12.5. The lowest BCUT2D eigenvalue weighted by atomic mass is 10.1. The molecule has 3 rings (SSSR count). The van der Waals surface area contributed by atoms with Crippen LogP contribution in [0.25, 0.3) is 0 Å². The lowest BCUT2D eigenvalue weighted by Gasteiger charge is -2.21. The smallest absolute Gasteiger partial charge is 0.262 e. The van der Waals surface area contributed by atoms with Gasteiger partial charge in [-0.15, -0.1) is 0 Å². The molecule has 6 nitrogen and oxygen atoms in total. The number of carbonyl (C=O) groups excluding carboxylic acids is 3. The second-order valence-electron chi connectivity index (χ2n) is 5.80. The Kier molecular flexibility index (Phi) is 5.37. The fourth-order valence-electron chi connectivity index (χ4n) is 2.72. The maximum Gasteiger partial charge on any atom is 0.262 e. The van der Waals surface area contributed by atoms with Gasteiger partial charge in [0.1, 0.15) is 18.4 Å². The lowest BCUT2D eigenvalue weighted by molar-refractivity contribution is -0.124. The van der Waals surface area contributed by atoms with Gasteiger partial charge in [-0.2, -0.15) is 0 Å². The van der Waals surface area contributed by atoms with Crippen molar-refractivity contribution in [2.75, 3.05) is 13.2 Å². The molecule has 3 amide bonds. The molecule has 2 aromatic rings. The molecule has 1 unspecified atom stereocenters. The third-order valence-electron chi connectivity index (χ3n) is 4.06. The van der Waals surface area contributed by atoms with E-state index in [0.717, 1.165) is 9.37 Å². The van der Waals surface area contributed by atoms with E-state index in [0.29, 0.717) is 16.9 Å². The monoisotopic (exact) mass is 416 g/mol. The Morgan fingerprint density at radius 2 is 1.77 bits per heavy atom. The van der Waals surface area contributed by atoms with Crippen molar-refractivity contribution < 1.29 is 19.1 Å². The number of halogens is 1. The summed E-state index contributed by atoms with van der Waals surface area (Å²) >= 11 is 3.36. The number of carbonyl (C=O) groups is 3. The number of nitrogens with zero attached hydrogens (tertiary/aromatic N) is 1. The van der Waals surface area contributed by atoms with Crippen LogP contribution in [0, 0.1) is 0 Å². The summed E-state index contributed by atoms with van der Waals surface area (Å²) in [6.07, 6.45) is 0. The molecule has 0 aromatic heterocycles. The third-order valence-corrected chi connectivity index (χ3v) is 4.55. The van der Waals surface area contributed by atoms with Crippen molar-refractivity contribution in [3.05, 3.63) is 64.1 Å². The highest BCUT2D eigenvalue weighted by molar-refractivity contribution is 9.10. The Morgan fingerprint density at radius 3 is 2.38 bits per heavy atom. The topological polar surface area (TPSA) is 75.7 Å². The molecular weight excluding hydrogens is 400 g/mol. The van der Waals surface area contributed by atoms with Gasteiger partial charge in [0.05, 0.1) is 17.7 Å². The molecular formula is C19H17BrN2O4. The third kappa shape index (κ3) is 3.62. The first-order valence-corrected chi connectivity index (χ1v) is 8.91. The SMILES string of the molecule is CC(C(=O)NCCOc1cccc(Br)c1)N1C(=O)c2ccccc2C1=O. The van der Waals surface area contributed by atoms with Crippen molar-refractivity contribution >= 4 is 33.7 Å². The van der Waals surface area contributed by atoms with Crippen molar-refractivity contribution in [2.45, 2.75) is 13.0 Å². The fourth-order valence-corrected chi connectivity index (χ4v) is 3.10. The van der Waals surface area contributed by atoms with Crippen LogP contribution in [-0.4, -0.2) is 41.8 Å². The van der Waals surface area contributed by atoms with E-state index in [-0.39, 0.29) is 13.2 Å². The van der Waals surface area contributed by atoms with Crippen LogP contribution < -0.4 is 10.1 Å². The van der Waals surface area contributed by atoms with E-state index < -0.39 is 23.8 Å². The van der Waals surface area contributed by atoms with E-state index in [1.807, 2.05) is 24.3 Å². The summed E-state index contributed by atoms with van der Waals surface area (Å²) in [5, 5.41) is 2.69. The van der Waals surface area contributed by atoms with Gasteiger partial charge in [0.25, 0.3) is 11.8 Å². The minimum Gasteiger partial charge on any atom is -0.492 e. The second kappa shape index (κ2) is 7.70. The Morgan fingerprint density at radius 1 is 1.12 bits per heavy atom. The van der Waals surface area contributed by atoms with Crippen LogP contribution in [0.15, 0.2) is 53.0 Å². The van der Waals surface area contributed by atoms with Crippen LogP contribution in [0.1, 0.15) is 27.6 Å². The molecule has 1 heterocycles. The molecule has 0 bridgehead atoms. The predicted molar refractivity (Wildman–Crippen MR) is 99.1 cm³/mol. The highest BCUT2D eigenvalue weighted by atomic mass is 79.9. The molecule has 0 saturated heterocycles. The highest BCUT2D eigenvalue weighted by Gasteiger charge is 2.40. The Labute approximate surface area is 159 Å². The van der Waals surface area contributed by atoms with E-state index in [4.69, 9.17) is 4.74 Å². The Balaban J connectivity index is 1.54. The first-order valence-electron chi connectivity index (χ1n) is 8.12. The van der Waals surface area contributed by atoms with Crippen molar-refractivity contribution in [2.24, 2.45) is 0 Å². The normalized spacial score (nSPS) is 14.2. The number of amides is 3. The molecule has 2 aromatic carbocycles. The van der Waals surface area contributed by atoms with E-state index >= 15 is 0 Å². The minimum absolute atomic E-state index is 0.263. The van der Waals surface area contributed by atoms with Crippen molar-refractivity contribution in [3.63, 3.8) is 0 Å². The van der Waals surface area contributed by atoms with Gasteiger partial charge >= 0.3 is 0 Å². The van der Waals surface area contributed by atoms with Gasteiger partial charge in [0, 0.05) is 4.47 Å². The van der Waals surface area contributed by atoms with Gasteiger partial charge in [-0.1, -0.05) is 34.1 Å². The summed E-state index contributed by atoms with van der Waals surface area (Å²) in [4.78, 5) is 38.1. The maximum absolute atomic E-state index is 12.4. The molecule has 1 aliphatic heterocycles. The van der Waals surface area contributed by atoms with Gasteiger partial charge in [-0.05, 0) is 37.3 Å². The minimum atomic E-state index is -0.895. The molecule has 1 aliphatic rings. The van der Waals surface area contributed by atoms with Crippen molar-refractivity contribution in [3.8, 4) is 5.75 Å². The summed E-state index contributed by atoms with van der Waals surface area (Å²) in [6.45, 7) is 2.07. The average molecular weight is 417 g/mol. The Hall–Kier alpha value is -2.67. The van der Waals surface area contributed by atoms with Crippen LogP contribution >= 0.6 is 15.9 Å². The summed E-state index contributed by atoms with van der Waals surface area (Å²) < 4.78 is 6.44. The summed E-state index contributed by atoms with van der Waals surface area (Å²) in [5.74, 6) is -0.614. The summed E-state index contributed by atoms with van der Waals surface area (Å²) in [5.41, 5.74) is 0.658. The van der Waals surface area contributed by atoms with E-state index in [1.54, 1.807) is 24.3 Å². The molecule has 0 radical (unpaired) electrons. The van der Waals surface area contributed by atoms with Crippen molar-refractivity contribution in [1.29, 1.82) is 0 Å². The molecule has 26 heavy (non-hydrogen) atoms. The van der Waals surface area contributed by atoms with Crippen LogP contribution in [0.4, 0.5) is 0 Å². The zero-order valence-corrected chi connectivity index (χ0v) is 15.7. The number of fused-ring (bicyclic) bond motifs is 1. The molecule has 134 valence electrons.